The second kappa shape index (κ2) is 8.92. The molecule has 1 aromatic carbocycles. The Hall–Kier alpha value is -2.69. The van der Waals surface area contributed by atoms with E-state index in [9.17, 15) is 18.0 Å². The number of aromatic nitrogens is 4. The first-order valence-corrected chi connectivity index (χ1v) is 11.1. The molecule has 1 aliphatic heterocycles. The van der Waals surface area contributed by atoms with Gasteiger partial charge in [-0.1, -0.05) is 12.1 Å². The average Bonchev–Trinajstić information content (AvgIpc) is 3.36. The standard InChI is InChI=1S/C22H20F3N5OS.ClH/c1-12-19(32-21(28-12)14-2-4-15(5-3-14)22(23,24)25)16-11-27-30-17(10-18(31)29-20(16)30)13-6-8-26-9-7-13;/h2-5,10-11,13,26H,6-9H2,1H3,(H,29,31);1H. The summed E-state index contributed by atoms with van der Waals surface area (Å²) in [7, 11) is 0. The summed E-state index contributed by atoms with van der Waals surface area (Å²) in [6, 6.07) is 6.59. The Labute approximate surface area is 197 Å². The number of hydrogen-bond acceptors (Lipinski definition) is 5. The molecule has 0 spiro atoms. The van der Waals surface area contributed by atoms with Crippen LogP contribution >= 0.6 is 23.7 Å². The fourth-order valence-electron chi connectivity index (χ4n) is 4.16. The zero-order chi connectivity index (χ0) is 22.5. The Kier molecular flexibility index (Phi) is 6.35. The van der Waals surface area contributed by atoms with Crippen LogP contribution in [0.1, 0.15) is 35.7 Å². The summed E-state index contributed by atoms with van der Waals surface area (Å²) in [5.41, 5.74) is 2.72. The third kappa shape index (κ3) is 4.42. The highest BCUT2D eigenvalue weighted by atomic mass is 35.5. The van der Waals surface area contributed by atoms with E-state index in [0.29, 0.717) is 16.2 Å². The second-order valence-electron chi connectivity index (χ2n) is 7.91. The molecular weight excluding hydrogens is 475 g/mol. The Morgan fingerprint density at radius 2 is 1.85 bits per heavy atom. The lowest BCUT2D eigenvalue weighted by molar-refractivity contribution is -0.137. The van der Waals surface area contributed by atoms with E-state index in [1.165, 1.54) is 23.5 Å². The number of H-pyrrole nitrogens is 1. The van der Waals surface area contributed by atoms with Crippen molar-refractivity contribution in [3.63, 3.8) is 0 Å². The fraction of sp³-hybridized carbons (Fsp3) is 0.318. The third-order valence-electron chi connectivity index (χ3n) is 5.79. The zero-order valence-electron chi connectivity index (χ0n) is 17.6. The van der Waals surface area contributed by atoms with Crippen LogP contribution < -0.4 is 10.9 Å². The summed E-state index contributed by atoms with van der Waals surface area (Å²) < 4.78 is 40.4. The van der Waals surface area contributed by atoms with E-state index in [2.05, 4.69) is 20.4 Å². The molecule has 0 bridgehead atoms. The van der Waals surface area contributed by atoms with Gasteiger partial charge in [-0.05, 0) is 45.0 Å². The molecule has 1 fully saturated rings. The van der Waals surface area contributed by atoms with E-state index in [4.69, 9.17) is 0 Å². The smallest absolute Gasteiger partial charge is 0.317 e. The number of hydrogen-bond donors (Lipinski definition) is 2. The minimum Gasteiger partial charge on any atom is -0.317 e. The van der Waals surface area contributed by atoms with Crippen LogP contribution in [0.4, 0.5) is 13.2 Å². The van der Waals surface area contributed by atoms with E-state index in [0.717, 1.165) is 59.9 Å². The van der Waals surface area contributed by atoms with E-state index in [-0.39, 0.29) is 23.9 Å². The van der Waals surface area contributed by atoms with E-state index >= 15 is 0 Å². The lowest BCUT2D eigenvalue weighted by Crippen LogP contribution is -2.28. The largest absolute Gasteiger partial charge is 0.416 e. The van der Waals surface area contributed by atoms with Gasteiger partial charge in [0.25, 0.3) is 5.56 Å². The molecule has 33 heavy (non-hydrogen) atoms. The summed E-state index contributed by atoms with van der Waals surface area (Å²) in [5.74, 6) is 0.249. The van der Waals surface area contributed by atoms with Gasteiger partial charge in [-0.2, -0.15) is 18.3 Å². The summed E-state index contributed by atoms with van der Waals surface area (Å²) >= 11 is 1.37. The number of aryl methyl sites for hydroxylation is 1. The summed E-state index contributed by atoms with van der Waals surface area (Å²) in [6.07, 6.45) is -0.790. The summed E-state index contributed by atoms with van der Waals surface area (Å²) in [6.45, 7) is 3.65. The van der Waals surface area contributed by atoms with Crippen molar-refractivity contribution in [1.82, 2.24) is 24.9 Å². The number of halogens is 4. The van der Waals surface area contributed by atoms with Gasteiger partial charge in [-0.15, -0.1) is 23.7 Å². The molecule has 0 unspecified atom stereocenters. The number of benzene rings is 1. The lowest BCUT2D eigenvalue weighted by atomic mass is 9.94. The van der Waals surface area contributed by atoms with Crippen LogP contribution in [0.3, 0.4) is 0 Å². The maximum atomic E-state index is 12.9. The number of piperidine rings is 1. The monoisotopic (exact) mass is 495 g/mol. The number of thiazole rings is 1. The van der Waals surface area contributed by atoms with Gasteiger partial charge < -0.3 is 10.3 Å². The SMILES string of the molecule is Cc1nc(-c2ccc(C(F)(F)F)cc2)sc1-c1cnn2c(C3CCNCC3)cc(=O)[nH]c12.Cl. The van der Waals surface area contributed by atoms with Crippen molar-refractivity contribution >= 4 is 29.4 Å². The van der Waals surface area contributed by atoms with Gasteiger partial charge in [0.05, 0.1) is 33.6 Å². The van der Waals surface area contributed by atoms with Crippen LogP contribution in [0.25, 0.3) is 26.7 Å². The molecule has 0 radical (unpaired) electrons. The Morgan fingerprint density at radius 3 is 2.52 bits per heavy atom. The van der Waals surface area contributed by atoms with Gasteiger partial charge >= 0.3 is 6.18 Å². The van der Waals surface area contributed by atoms with Crippen molar-refractivity contribution in [2.24, 2.45) is 0 Å². The van der Waals surface area contributed by atoms with E-state index in [1.807, 2.05) is 6.92 Å². The molecule has 0 amide bonds. The van der Waals surface area contributed by atoms with Gasteiger partial charge in [0.1, 0.15) is 10.7 Å². The average molecular weight is 496 g/mol. The van der Waals surface area contributed by atoms with Gasteiger partial charge in [0.15, 0.2) is 0 Å². The molecule has 1 saturated heterocycles. The van der Waals surface area contributed by atoms with Crippen LogP contribution in [0, 0.1) is 6.92 Å². The number of fused-ring (bicyclic) bond motifs is 1. The van der Waals surface area contributed by atoms with Crippen molar-refractivity contribution in [2.75, 3.05) is 13.1 Å². The molecule has 0 atom stereocenters. The fourth-order valence-corrected chi connectivity index (χ4v) is 5.24. The molecule has 1 aliphatic rings. The van der Waals surface area contributed by atoms with Crippen LogP contribution in [0.15, 0.2) is 41.3 Å². The van der Waals surface area contributed by atoms with Crippen LogP contribution in [-0.2, 0) is 6.18 Å². The minimum absolute atomic E-state index is 0. The molecule has 11 heteroatoms. The van der Waals surface area contributed by atoms with Gasteiger partial charge in [-0.3, -0.25) is 4.79 Å². The highest BCUT2D eigenvalue weighted by Crippen LogP contribution is 2.38. The van der Waals surface area contributed by atoms with Crippen molar-refractivity contribution in [1.29, 1.82) is 0 Å². The van der Waals surface area contributed by atoms with Gasteiger partial charge in [-0.25, -0.2) is 9.50 Å². The second-order valence-corrected chi connectivity index (χ2v) is 8.91. The topological polar surface area (TPSA) is 75.1 Å². The first kappa shape index (κ1) is 23.5. The number of aromatic amines is 1. The first-order chi connectivity index (χ1) is 15.3. The Balaban J connectivity index is 0.00000259. The quantitative estimate of drug-likeness (QED) is 0.418. The molecule has 6 nitrogen and oxygen atoms in total. The molecule has 0 saturated carbocycles. The van der Waals surface area contributed by atoms with E-state index in [1.54, 1.807) is 16.8 Å². The molecular formula is C22H21ClF3N5OS. The van der Waals surface area contributed by atoms with Crippen molar-refractivity contribution < 1.29 is 13.2 Å². The Morgan fingerprint density at radius 1 is 1.15 bits per heavy atom. The number of rotatable bonds is 3. The normalized spacial score (nSPS) is 15.0. The minimum atomic E-state index is -4.38. The van der Waals surface area contributed by atoms with Crippen LogP contribution in [0.2, 0.25) is 0 Å². The molecule has 0 aliphatic carbocycles. The molecule has 4 aromatic rings. The maximum absolute atomic E-state index is 12.9. The molecule has 3 aromatic heterocycles. The molecule has 174 valence electrons. The van der Waals surface area contributed by atoms with Crippen LogP contribution in [-0.4, -0.2) is 32.7 Å². The zero-order valence-corrected chi connectivity index (χ0v) is 19.2. The number of alkyl halides is 3. The van der Waals surface area contributed by atoms with Gasteiger partial charge in [0, 0.05) is 17.5 Å². The predicted molar refractivity (Wildman–Crippen MR) is 124 cm³/mol. The highest BCUT2D eigenvalue weighted by molar-refractivity contribution is 7.18. The number of nitrogens with one attached hydrogen (secondary N) is 2. The lowest BCUT2D eigenvalue weighted by Gasteiger charge is -2.23. The first-order valence-electron chi connectivity index (χ1n) is 10.3. The van der Waals surface area contributed by atoms with Crippen LogP contribution in [0.5, 0.6) is 0 Å². The Bertz CT molecular complexity index is 1340. The molecule has 4 heterocycles. The van der Waals surface area contributed by atoms with Gasteiger partial charge in [0.2, 0.25) is 0 Å². The van der Waals surface area contributed by atoms with E-state index < -0.39 is 11.7 Å². The number of nitrogens with zero attached hydrogens (tertiary/aromatic N) is 3. The maximum Gasteiger partial charge on any atom is 0.416 e. The van der Waals surface area contributed by atoms with Crippen molar-refractivity contribution in [2.45, 2.75) is 31.9 Å². The molecule has 5 rings (SSSR count). The molecule has 2 N–H and O–H groups in total. The predicted octanol–water partition coefficient (Wildman–Crippen LogP) is 5.03. The van der Waals surface area contributed by atoms with Crippen molar-refractivity contribution in [3.8, 4) is 21.0 Å². The highest BCUT2D eigenvalue weighted by Gasteiger charge is 2.30. The van der Waals surface area contributed by atoms with Crippen molar-refractivity contribution in [3.05, 3.63) is 63.8 Å². The third-order valence-corrected chi connectivity index (χ3v) is 7.03. The summed E-state index contributed by atoms with van der Waals surface area (Å²) in [4.78, 5) is 20.7. The summed E-state index contributed by atoms with van der Waals surface area (Å²) in [5, 5.41) is 8.50.